The van der Waals surface area contributed by atoms with E-state index in [1.54, 1.807) is 0 Å². The molecule has 2 N–H and O–H groups in total. The number of benzene rings is 1. The summed E-state index contributed by atoms with van der Waals surface area (Å²) in [6.07, 6.45) is 1.88. The standard InChI is InChI=1S/C13H16N2O2.ClH/c1-14-6-7-15-13(16)11-8-10-4-2-3-5-12(10)17-9-11;/h2-5,8,14H,6-7,9H2,1H3,(H,15,16);1H. The van der Waals surface area contributed by atoms with Gasteiger partial charge in [0.15, 0.2) is 0 Å². The molecular formula is C13H17ClN2O2. The number of hydrogen-bond acceptors (Lipinski definition) is 3. The monoisotopic (exact) mass is 268 g/mol. The van der Waals surface area contributed by atoms with E-state index in [1.807, 2.05) is 37.4 Å². The fourth-order valence-electron chi connectivity index (χ4n) is 1.66. The predicted octanol–water partition coefficient (Wildman–Crippen LogP) is 1.22. The second kappa shape index (κ2) is 7.03. The zero-order valence-corrected chi connectivity index (χ0v) is 11.0. The van der Waals surface area contributed by atoms with E-state index in [9.17, 15) is 4.79 Å². The van der Waals surface area contributed by atoms with Crippen molar-refractivity contribution in [1.82, 2.24) is 10.6 Å². The van der Waals surface area contributed by atoms with Gasteiger partial charge in [0.25, 0.3) is 5.91 Å². The van der Waals surface area contributed by atoms with Crippen molar-refractivity contribution in [3.05, 3.63) is 35.4 Å². The highest BCUT2D eigenvalue weighted by Gasteiger charge is 2.16. The first kappa shape index (κ1) is 14.5. The van der Waals surface area contributed by atoms with Crippen LogP contribution in [0, 0.1) is 0 Å². The topological polar surface area (TPSA) is 50.4 Å². The summed E-state index contributed by atoms with van der Waals surface area (Å²) >= 11 is 0. The lowest BCUT2D eigenvalue weighted by Gasteiger charge is -2.17. The van der Waals surface area contributed by atoms with Gasteiger partial charge < -0.3 is 15.4 Å². The van der Waals surface area contributed by atoms with Crippen molar-refractivity contribution in [3.8, 4) is 5.75 Å². The van der Waals surface area contributed by atoms with Gasteiger partial charge in [-0.1, -0.05) is 18.2 Å². The van der Waals surface area contributed by atoms with Crippen LogP contribution < -0.4 is 15.4 Å². The van der Waals surface area contributed by atoms with Crippen LogP contribution in [0.15, 0.2) is 29.8 Å². The number of carbonyl (C=O) groups excluding carboxylic acids is 1. The number of para-hydroxylation sites is 1. The van der Waals surface area contributed by atoms with Crippen LogP contribution in [-0.2, 0) is 4.79 Å². The molecule has 1 aromatic carbocycles. The van der Waals surface area contributed by atoms with Crippen molar-refractivity contribution in [1.29, 1.82) is 0 Å². The first-order valence-electron chi connectivity index (χ1n) is 5.66. The van der Waals surface area contributed by atoms with Gasteiger partial charge in [0.1, 0.15) is 12.4 Å². The number of halogens is 1. The van der Waals surface area contributed by atoms with Gasteiger partial charge in [-0.15, -0.1) is 12.4 Å². The van der Waals surface area contributed by atoms with Gasteiger partial charge in [-0.2, -0.15) is 0 Å². The van der Waals surface area contributed by atoms with Crippen LogP contribution in [0.4, 0.5) is 0 Å². The molecule has 0 saturated heterocycles. The Morgan fingerprint density at radius 3 is 2.89 bits per heavy atom. The summed E-state index contributed by atoms with van der Waals surface area (Å²) in [5.41, 5.74) is 1.62. The lowest BCUT2D eigenvalue weighted by molar-refractivity contribution is -0.117. The second-order valence-corrected chi connectivity index (χ2v) is 3.86. The number of hydrogen-bond donors (Lipinski definition) is 2. The summed E-state index contributed by atoms with van der Waals surface area (Å²) in [7, 11) is 1.85. The molecule has 4 nitrogen and oxygen atoms in total. The maximum Gasteiger partial charge on any atom is 0.250 e. The third-order valence-electron chi connectivity index (χ3n) is 2.58. The van der Waals surface area contributed by atoms with Gasteiger partial charge in [0.05, 0.1) is 5.57 Å². The Balaban J connectivity index is 0.00000162. The largest absolute Gasteiger partial charge is 0.488 e. The first-order valence-corrected chi connectivity index (χ1v) is 5.66. The summed E-state index contributed by atoms with van der Waals surface area (Å²) < 4.78 is 5.52. The van der Waals surface area contributed by atoms with Gasteiger partial charge in [-0.05, 0) is 19.2 Å². The minimum atomic E-state index is -0.0604. The summed E-state index contributed by atoms with van der Waals surface area (Å²) in [6, 6.07) is 7.70. The zero-order chi connectivity index (χ0) is 12.1. The fraction of sp³-hybridized carbons (Fsp3) is 0.308. The van der Waals surface area contributed by atoms with Crippen molar-refractivity contribution in [2.75, 3.05) is 26.7 Å². The summed E-state index contributed by atoms with van der Waals surface area (Å²) in [4.78, 5) is 11.8. The van der Waals surface area contributed by atoms with E-state index in [-0.39, 0.29) is 18.3 Å². The zero-order valence-electron chi connectivity index (χ0n) is 10.2. The van der Waals surface area contributed by atoms with E-state index in [1.165, 1.54) is 0 Å². The first-order chi connectivity index (χ1) is 8.31. The van der Waals surface area contributed by atoms with Crippen molar-refractivity contribution in [2.24, 2.45) is 0 Å². The molecule has 2 rings (SSSR count). The van der Waals surface area contributed by atoms with Crippen LogP contribution in [-0.4, -0.2) is 32.7 Å². The number of nitrogens with one attached hydrogen (secondary N) is 2. The molecule has 0 saturated carbocycles. The minimum Gasteiger partial charge on any atom is -0.488 e. The normalized spacial score (nSPS) is 12.6. The van der Waals surface area contributed by atoms with Gasteiger partial charge in [0.2, 0.25) is 0 Å². The molecule has 0 bridgehead atoms. The van der Waals surface area contributed by atoms with Crippen molar-refractivity contribution in [3.63, 3.8) is 0 Å². The van der Waals surface area contributed by atoms with Crippen LogP contribution in [0.3, 0.4) is 0 Å². The summed E-state index contributed by atoms with van der Waals surface area (Å²) in [5.74, 6) is 0.772. The molecule has 1 aliphatic rings. The van der Waals surface area contributed by atoms with E-state index in [2.05, 4.69) is 10.6 Å². The molecule has 0 atom stereocenters. The second-order valence-electron chi connectivity index (χ2n) is 3.86. The highest BCUT2D eigenvalue weighted by molar-refractivity contribution is 5.99. The lowest BCUT2D eigenvalue weighted by Crippen LogP contribution is -2.33. The summed E-state index contributed by atoms with van der Waals surface area (Å²) in [6.45, 7) is 1.72. The number of rotatable bonds is 4. The molecule has 0 aliphatic carbocycles. The molecule has 1 aromatic rings. The van der Waals surface area contributed by atoms with Crippen molar-refractivity contribution in [2.45, 2.75) is 0 Å². The molecule has 0 spiro atoms. The SMILES string of the molecule is CNCCNC(=O)C1=Cc2ccccc2OC1.Cl. The molecule has 98 valence electrons. The lowest BCUT2D eigenvalue weighted by atomic mass is 10.1. The number of likely N-dealkylation sites (N-methyl/N-ethyl adjacent to an activating group) is 1. The molecule has 0 unspecified atom stereocenters. The molecule has 1 aliphatic heterocycles. The number of ether oxygens (including phenoxy) is 1. The highest BCUT2D eigenvalue weighted by atomic mass is 35.5. The third-order valence-corrected chi connectivity index (χ3v) is 2.58. The van der Waals surface area contributed by atoms with Gasteiger partial charge in [-0.25, -0.2) is 0 Å². The Hall–Kier alpha value is -1.52. The van der Waals surface area contributed by atoms with E-state index in [0.717, 1.165) is 17.9 Å². The maximum absolute atomic E-state index is 11.8. The predicted molar refractivity (Wildman–Crippen MR) is 74.1 cm³/mol. The number of fused-ring (bicyclic) bond motifs is 1. The molecule has 5 heteroatoms. The van der Waals surface area contributed by atoms with E-state index in [4.69, 9.17) is 4.74 Å². The van der Waals surface area contributed by atoms with Gasteiger partial charge >= 0.3 is 0 Å². The van der Waals surface area contributed by atoms with Crippen LogP contribution in [0.2, 0.25) is 0 Å². The van der Waals surface area contributed by atoms with Crippen molar-refractivity contribution < 1.29 is 9.53 Å². The van der Waals surface area contributed by atoms with Crippen molar-refractivity contribution >= 4 is 24.4 Å². The van der Waals surface area contributed by atoms with E-state index < -0.39 is 0 Å². The fourth-order valence-corrected chi connectivity index (χ4v) is 1.66. The van der Waals surface area contributed by atoms with Crippen LogP contribution in [0.25, 0.3) is 6.08 Å². The number of carbonyl (C=O) groups is 1. The van der Waals surface area contributed by atoms with Crippen LogP contribution in [0.1, 0.15) is 5.56 Å². The van der Waals surface area contributed by atoms with Gasteiger partial charge in [0, 0.05) is 18.7 Å². The summed E-state index contributed by atoms with van der Waals surface area (Å²) in [5, 5.41) is 5.81. The van der Waals surface area contributed by atoms with E-state index in [0.29, 0.717) is 18.7 Å². The average Bonchev–Trinajstić information content (AvgIpc) is 2.38. The quantitative estimate of drug-likeness (QED) is 0.808. The highest BCUT2D eigenvalue weighted by Crippen LogP contribution is 2.25. The Kier molecular flexibility index (Phi) is 5.68. The van der Waals surface area contributed by atoms with Crippen LogP contribution >= 0.6 is 12.4 Å². The van der Waals surface area contributed by atoms with Crippen LogP contribution in [0.5, 0.6) is 5.75 Å². The Morgan fingerprint density at radius 1 is 1.33 bits per heavy atom. The number of amides is 1. The Morgan fingerprint density at radius 2 is 2.11 bits per heavy atom. The molecule has 1 amide bonds. The third kappa shape index (κ3) is 3.48. The maximum atomic E-state index is 11.8. The molecule has 1 heterocycles. The smallest absolute Gasteiger partial charge is 0.250 e. The van der Waals surface area contributed by atoms with E-state index >= 15 is 0 Å². The Bertz CT molecular complexity index is 446. The molecule has 18 heavy (non-hydrogen) atoms. The Labute approximate surface area is 113 Å². The molecular weight excluding hydrogens is 252 g/mol. The average molecular weight is 269 g/mol. The molecule has 0 aromatic heterocycles. The molecule has 0 radical (unpaired) electrons. The minimum absolute atomic E-state index is 0. The molecule has 0 fully saturated rings. The van der Waals surface area contributed by atoms with Gasteiger partial charge in [-0.3, -0.25) is 4.79 Å².